The van der Waals surface area contributed by atoms with Crippen LogP contribution in [-0.2, 0) is 15.2 Å². The number of hydrogen-bond donors (Lipinski definition) is 3. The van der Waals surface area contributed by atoms with Gasteiger partial charge in [-0.25, -0.2) is 0 Å². The van der Waals surface area contributed by atoms with Gasteiger partial charge in [0.25, 0.3) is 0 Å². The molecule has 3 rings (SSSR count). The number of halogens is 1. The van der Waals surface area contributed by atoms with Gasteiger partial charge in [0, 0.05) is 29.4 Å². The Morgan fingerprint density at radius 3 is 2.35 bits per heavy atom. The molecule has 1 saturated carbocycles. The minimum absolute atomic E-state index is 0.0667. The molecule has 172 valence electrons. The van der Waals surface area contributed by atoms with Gasteiger partial charge in [0.2, 0.25) is 11.8 Å². The van der Waals surface area contributed by atoms with E-state index >= 15 is 0 Å². The second-order valence-electron chi connectivity index (χ2n) is 10.2. The highest BCUT2D eigenvalue weighted by molar-refractivity contribution is 6.30. The highest BCUT2D eigenvalue weighted by atomic mass is 35.5. The third-order valence-electron chi connectivity index (χ3n) is 7.09. The lowest BCUT2D eigenvalue weighted by Crippen LogP contribution is -2.60. The second-order valence-corrected chi connectivity index (χ2v) is 10.6. The summed E-state index contributed by atoms with van der Waals surface area (Å²) < 4.78 is 0. The number of carbonyl (C=O) groups is 2. The fourth-order valence-corrected chi connectivity index (χ4v) is 5.07. The Morgan fingerprint density at radius 1 is 1.19 bits per heavy atom. The smallest absolute Gasteiger partial charge is 0.245 e. The van der Waals surface area contributed by atoms with Crippen LogP contribution >= 0.6 is 11.6 Å². The van der Waals surface area contributed by atoms with Crippen molar-refractivity contribution in [3.63, 3.8) is 0 Å². The lowest BCUT2D eigenvalue weighted by atomic mass is 9.66. The zero-order valence-electron chi connectivity index (χ0n) is 18.9. The van der Waals surface area contributed by atoms with E-state index in [9.17, 15) is 19.8 Å². The number of piperidine rings is 1. The van der Waals surface area contributed by atoms with Gasteiger partial charge in [0.15, 0.2) is 0 Å². The molecule has 1 saturated heterocycles. The number of rotatable bonds is 5. The number of nitrogens with zero attached hydrogens (tertiary/aromatic N) is 1. The fourth-order valence-electron chi connectivity index (χ4n) is 4.95. The van der Waals surface area contributed by atoms with Crippen molar-refractivity contribution in [2.75, 3.05) is 13.1 Å². The van der Waals surface area contributed by atoms with Crippen LogP contribution in [0.25, 0.3) is 0 Å². The summed E-state index contributed by atoms with van der Waals surface area (Å²) in [4.78, 5) is 27.9. The van der Waals surface area contributed by atoms with Crippen LogP contribution in [-0.4, -0.2) is 52.2 Å². The Hall–Kier alpha value is -1.63. The van der Waals surface area contributed by atoms with Crippen LogP contribution in [0.2, 0.25) is 5.02 Å². The van der Waals surface area contributed by atoms with Gasteiger partial charge in [-0.3, -0.25) is 9.59 Å². The molecule has 2 fully saturated rings. The Morgan fingerprint density at radius 2 is 1.84 bits per heavy atom. The second kappa shape index (κ2) is 9.08. The van der Waals surface area contributed by atoms with Crippen molar-refractivity contribution >= 4 is 23.4 Å². The molecule has 0 unspecified atom stereocenters. The first-order valence-electron chi connectivity index (χ1n) is 11.2. The molecule has 1 aliphatic heterocycles. The Balaban J connectivity index is 1.72. The number of likely N-dealkylation sites (tertiary alicyclic amines) is 1. The summed E-state index contributed by atoms with van der Waals surface area (Å²) in [6.45, 7) is 8.56. The van der Waals surface area contributed by atoms with E-state index in [0.29, 0.717) is 43.8 Å². The van der Waals surface area contributed by atoms with Crippen molar-refractivity contribution in [1.82, 2.24) is 10.2 Å². The molecule has 6 nitrogen and oxygen atoms in total. The molecule has 0 spiro atoms. The average molecular weight is 451 g/mol. The van der Waals surface area contributed by atoms with Gasteiger partial charge in [-0.1, -0.05) is 51.4 Å². The molecule has 1 aliphatic carbocycles. The van der Waals surface area contributed by atoms with Crippen molar-refractivity contribution in [2.45, 2.75) is 71.1 Å². The van der Waals surface area contributed by atoms with E-state index < -0.39 is 23.2 Å². The maximum atomic E-state index is 13.4. The Kier molecular flexibility index (Phi) is 7.04. The number of nitrogens with one attached hydrogen (secondary N) is 1. The van der Waals surface area contributed by atoms with Gasteiger partial charge < -0.3 is 20.4 Å². The molecular weight excluding hydrogens is 416 g/mol. The number of carbonyl (C=O) groups excluding carboxylic acids is 2. The monoisotopic (exact) mass is 450 g/mol. The minimum atomic E-state index is -1.08. The zero-order chi connectivity index (χ0) is 23.0. The van der Waals surface area contributed by atoms with Crippen LogP contribution in [0.3, 0.4) is 0 Å². The van der Waals surface area contributed by atoms with Gasteiger partial charge in [-0.05, 0) is 49.3 Å². The van der Waals surface area contributed by atoms with Gasteiger partial charge in [0.1, 0.15) is 6.04 Å². The van der Waals surface area contributed by atoms with Crippen molar-refractivity contribution in [2.24, 2.45) is 17.3 Å². The molecule has 1 aromatic carbocycles. The van der Waals surface area contributed by atoms with Gasteiger partial charge >= 0.3 is 0 Å². The quantitative estimate of drug-likeness (QED) is 0.643. The highest BCUT2D eigenvalue weighted by Crippen LogP contribution is 2.46. The molecule has 31 heavy (non-hydrogen) atoms. The van der Waals surface area contributed by atoms with Crippen LogP contribution in [0.15, 0.2) is 24.3 Å². The topological polar surface area (TPSA) is 89.9 Å². The van der Waals surface area contributed by atoms with E-state index in [2.05, 4.69) is 5.32 Å². The van der Waals surface area contributed by atoms with E-state index in [1.807, 2.05) is 39.8 Å². The molecule has 0 radical (unpaired) electrons. The van der Waals surface area contributed by atoms with Gasteiger partial charge in [0.05, 0.1) is 11.7 Å². The number of hydrogen-bond acceptors (Lipinski definition) is 4. The largest absolute Gasteiger partial charge is 0.393 e. The summed E-state index contributed by atoms with van der Waals surface area (Å²) in [7, 11) is 0. The fraction of sp³-hybridized carbons (Fsp3) is 0.667. The van der Waals surface area contributed by atoms with E-state index in [1.165, 1.54) is 0 Å². The third kappa shape index (κ3) is 4.91. The van der Waals surface area contributed by atoms with E-state index in [0.717, 1.165) is 5.56 Å². The molecule has 2 aliphatic rings. The summed E-state index contributed by atoms with van der Waals surface area (Å²) >= 11 is 6.01. The summed E-state index contributed by atoms with van der Waals surface area (Å²) in [6, 6.07) is 6.60. The average Bonchev–Trinajstić information content (AvgIpc) is 3.14. The summed E-state index contributed by atoms with van der Waals surface area (Å²) in [5.41, 5.74) is -0.872. The maximum absolute atomic E-state index is 13.4. The maximum Gasteiger partial charge on any atom is 0.245 e. The third-order valence-corrected chi connectivity index (χ3v) is 7.34. The van der Waals surface area contributed by atoms with Crippen LogP contribution in [0, 0.1) is 17.3 Å². The normalized spacial score (nSPS) is 29.1. The van der Waals surface area contributed by atoms with Crippen molar-refractivity contribution in [1.29, 1.82) is 0 Å². The molecule has 0 bridgehead atoms. The van der Waals surface area contributed by atoms with Crippen LogP contribution in [0.1, 0.15) is 58.9 Å². The lowest BCUT2D eigenvalue weighted by molar-refractivity contribution is -0.157. The molecule has 0 aromatic heterocycles. The Labute approximate surface area is 190 Å². The Bertz CT molecular complexity index is 810. The molecule has 7 heteroatoms. The van der Waals surface area contributed by atoms with Crippen LogP contribution in [0.4, 0.5) is 0 Å². The van der Waals surface area contributed by atoms with E-state index in [4.69, 9.17) is 11.6 Å². The number of amides is 2. The molecule has 3 N–H and O–H groups in total. The molecule has 2 amide bonds. The highest BCUT2D eigenvalue weighted by Gasteiger charge is 2.50. The molecule has 1 heterocycles. The number of aliphatic hydroxyl groups excluding tert-OH is 1. The standard InChI is InChI=1S/C24H35ClN2O4/c1-15(2)20(26-21(29)16-5-10-19(28)13-16)22(30)27-12-11-24(31,23(3,4)14-27)17-6-8-18(25)9-7-17/h6-9,15-16,19-20,28,31H,5,10-14H2,1-4H3,(H,26,29)/t16-,19+,20+,24-/m0/s1. The number of benzene rings is 1. The minimum Gasteiger partial charge on any atom is -0.393 e. The zero-order valence-corrected chi connectivity index (χ0v) is 19.7. The van der Waals surface area contributed by atoms with Crippen LogP contribution in [0.5, 0.6) is 0 Å². The lowest BCUT2D eigenvalue weighted by Gasteiger charge is -2.51. The van der Waals surface area contributed by atoms with Crippen LogP contribution < -0.4 is 5.32 Å². The van der Waals surface area contributed by atoms with Gasteiger partial charge in [-0.15, -0.1) is 0 Å². The summed E-state index contributed by atoms with van der Waals surface area (Å²) in [5.74, 6) is -0.578. The van der Waals surface area contributed by atoms with E-state index in [1.54, 1.807) is 17.0 Å². The molecular formula is C24H35ClN2O4. The molecule has 4 atom stereocenters. The predicted octanol–water partition coefficient (Wildman–Crippen LogP) is 3.09. The van der Waals surface area contributed by atoms with Crippen molar-refractivity contribution < 1.29 is 19.8 Å². The summed E-state index contributed by atoms with van der Waals surface area (Å²) in [5, 5.41) is 24.8. The van der Waals surface area contributed by atoms with Crippen molar-refractivity contribution in [3.05, 3.63) is 34.9 Å². The van der Waals surface area contributed by atoms with E-state index in [-0.39, 0.29) is 23.7 Å². The predicted molar refractivity (Wildman–Crippen MR) is 120 cm³/mol. The number of aliphatic hydroxyl groups is 2. The first-order valence-corrected chi connectivity index (χ1v) is 11.6. The first kappa shape index (κ1) is 24.0. The van der Waals surface area contributed by atoms with Crippen molar-refractivity contribution in [3.8, 4) is 0 Å². The van der Waals surface area contributed by atoms with Gasteiger partial charge in [-0.2, -0.15) is 0 Å². The summed E-state index contributed by atoms with van der Waals surface area (Å²) in [6.07, 6.45) is 1.70. The molecule has 1 aromatic rings. The SMILES string of the molecule is CC(C)[C@@H](NC(=O)[C@H]1CC[C@@H](O)C1)C(=O)N1CC[C@](O)(c2ccc(Cl)cc2)C(C)(C)C1. The first-order chi connectivity index (χ1) is 14.4.